The molecule has 2 rings (SSSR count). The number of nitrogens with two attached hydrogens (primary N) is 1. The van der Waals surface area contributed by atoms with Crippen LogP contribution < -0.4 is 10.5 Å². The van der Waals surface area contributed by atoms with Crippen molar-refractivity contribution in [2.24, 2.45) is 7.05 Å². The van der Waals surface area contributed by atoms with Crippen molar-refractivity contribution >= 4 is 17.4 Å². The fourth-order valence-electron chi connectivity index (χ4n) is 1.59. The Morgan fingerprint density at radius 3 is 2.89 bits per heavy atom. The van der Waals surface area contributed by atoms with Gasteiger partial charge >= 0.3 is 0 Å². The van der Waals surface area contributed by atoms with Crippen LogP contribution in [0.4, 0.5) is 5.69 Å². The van der Waals surface area contributed by atoms with Crippen LogP contribution in [0, 0.1) is 0 Å². The number of ether oxygens (including phenoxy) is 1. The quantitative estimate of drug-likeness (QED) is 0.665. The van der Waals surface area contributed by atoms with E-state index in [9.17, 15) is 0 Å². The normalized spacial score (nSPS) is 10.6. The van der Waals surface area contributed by atoms with E-state index in [0.717, 1.165) is 27.8 Å². The summed E-state index contributed by atoms with van der Waals surface area (Å²) in [6, 6.07) is 7.76. The number of hydrogen-bond donors (Lipinski definition) is 1. The van der Waals surface area contributed by atoms with Crippen molar-refractivity contribution in [3.63, 3.8) is 0 Å². The Hall–Kier alpha value is -1.62. The minimum atomic E-state index is 0.661. The molecule has 0 fully saturated rings. The third kappa shape index (κ3) is 3.20. The Kier molecular flexibility index (Phi) is 4.15. The molecule has 18 heavy (non-hydrogen) atoms. The molecule has 0 bridgehead atoms. The van der Waals surface area contributed by atoms with Gasteiger partial charge in [0.05, 0.1) is 12.3 Å². The molecule has 5 heteroatoms. The Morgan fingerprint density at radius 2 is 2.22 bits per heavy atom. The van der Waals surface area contributed by atoms with E-state index >= 15 is 0 Å². The number of rotatable bonds is 5. The van der Waals surface area contributed by atoms with Gasteiger partial charge in [-0.05, 0) is 31.2 Å². The number of hydrogen-bond acceptors (Lipinski definition) is 4. The lowest BCUT2D eigenvalue weighted by Crippen LogP contribution is -1.95. The van der Waals surface area contributed by atoms with Crippen molar-refractivity contribution in [2.75, 3.05) is 12.3 Å². The largest absolute Gasteiger partial charge is 0.494 e. The molecule has 4 nitrogen and oxygen atoms in total. The fraction of sp³-hybridized carbons (Fsp3) is 0.308. The first-order valence-corrected chi connectivity index (χ1v) is 6.81. The van der Waals surface area contributed by atoms with Gasteiger partial charge in [0.25, 0.3) is 0 Å². The van der Waals surface area contributed by atoms with E-state index in [2.05, 4.69) is 5.10 Å². The monoisotopic (exact) mass is 263 g/mol. The maximum Gasteiger partial charge on any atom is 0.120 e. The van der Waals surface area contributed by atoms with Crippen molar-refractivity contribution in [3.05, 3.63) is 36.2 Å². The molecule has 1 aromatic carbocycles. The zero-order valence-electron chi connectivity index (χ0n) is 10.6. The highest BCUT2D eigenvalue weighted by Crippen LogP contribution is 2.31. The molecule has 2 N–H and O–H groups in total. The van der Waals surface area contributed by atoms with Gasteiger partial charge in [0, 0.05) is 29.6 Å². The molecule has 0 aliphatic carbocycles. The van der Waals surface area contributed by atoms with E-state index in [1.807, 2.05) is 44.4 Å². The molecule has 96 valence electrons. The lowest BCUT2D eigenvalue weighted by Gasteiger charge is -2.08. The molecule has 0 spiro atoms. The molecule has 0 saturated carbocycles. The number of nitrogens with zero attached hydrogens (tertiary/aromatic N) is 2. The van der Waals surface area contributed by atoms with Gasteiger partial charge in [0.15, 0.2) is 0 Å². The number of aryl methyl sites for hydroxylation is 1. The predicted molar refractivity (Wildman–Crippen MR) is 74.8 cm³/mol. The molecule has 0 aliphatic heterocycles. The van der Waals surface area contributed by atoms with E-state index < -0.39 is 0 Å². The van der Waals surface area contributed by atoms with E-state index in [1.54, 1.807) is 16.4 Å². The van der Waals surface area contributed by atoms with Gasteiger partial charge in [-0.2, -0.15) is 5.10 Å². The smallest absolute Gasteiger partial charge is 0.120 e. The van der Waals surface area contributed by atoms with E-state index in [4.69, 9.17) is 10.5 Å². The molecule has 0 radical (unpaired) electrons. The highest BCUT2D eigenvalue weighted by atomic mass is 32.2. The summed E-state index contributed by atoms with van der Waals surface area (Å²) in [6.07, 6.45) is 1.94. The summed E-state index contributed by atoms with van der Waals surface area (Å²) in [5.41, 5.74) is 7.78. The van der Waals surface area contributed by atoms with Gasteiger partial charge in [-0.25, -0.2) is 0 Å². The summed E-state index contributed by atoms with van der Waals surface area (Å²) in [6.45, 7) is 2.63. The highest BCUT2D eigenvalue weighted by Gasteiger charge is 2.04. The SMILES string of the molecule is CCOc1ccc(N)c(SCc2ccn(C)n2)c1. The second-order valence-electron chi connectivity index (χ2n) is 3.90. The topological polar surface area (TPSA) is 53.1 Å². The van der Waals surface area contributed by atoms with E-state index in [-0.39, 0.29) is 0 Å². The Morgan fingerprint density at radius 1 is 1.39 bits per heavy atom. The number of nitrogen functional groups attached to an aromatic ring is 1. The average Bonchev–Trinajstić information content (AvgIpc) is 2.76. The number of anilines is 1. The van der Waals surface area contributed by atoms with Gasteiger partial charge < -0.3 is 10.5 Å². The zero-order chi connectivity index (χ0) is 13.0. The van der Waals surface area contributed by atoms with E-state index in [0.29, 0.717) is 6.61 Å². The molecule has 0 unspecified atom stereocenters. The summed E-state index contributed by atoms with van der Waals surface area (Å²) in [5.74, 6) is 1.66. The van der Waals surface area contributed by atoms with Crippen LogP contribution in [-0.4, -0.2) is 16.4 Å². The molecular formula is C13H17N3OS. The second-order valence-corrected chi connectivity index (χ2v) is 4.92. The average molecular weight is 263 g/mol. The van der Waals surface area contributed by atoms with Crippen LogP contribution in [0.3, 0.4) is 0 Å². The standard InChI is InChI=1S/C13H17N3OS/c1-3-17-11-4-5-12(14)13(8-11)18-9-10-6-7-16(2)15-10/h4-8H,3,9,14H2,1-2H3. The van der Waals surface area contributed by atoms with Crippen molar-refractivity contribution in [2.45, 2.75) is 17.6 Å². The summed E-state index contributed by atoms with van der Waals surface area (Å²) in [5, 5.41) is 4.34. The molecular weight excluding hydrogens is 246 g/mol. The van der Waals surface area contributed by atoms with Gasteiger partial charge in [0.2, 0.25) is 0 Å². The van der Waals surface area contributed by atoms with Gasteiger partial charge in [0.1, 0.15) is 5.75 Å². The van der Waals surface area contributed by atoms with Crippen LogP contribution in [0.15, 0.2) is 35.4 Å². The first-order chi connectivity index (χ1) is 8.69. The molecule has 1 heterocycles. The number of aromatic nitrogens is 2. The van der Waals surface area contributed by atoms with Crippen LogP contribution in [0.25, 0.3) is 0 Å². The summed E-state index contributed by atoms with van der Waals surface area (Å²) in [7, 11) is 1.91. The van der Waals surface area contributed by atoms with Crippen LogP contribution in [-0.2, 0) is 12.8 Å². The molecule has 1 aromatic heterocycles. The maximum atomic E-state index is 5.95. The molecule has 0 saturated heterocycles. The number of benzene rings is 1. The lowest BCUT2D eigenvalue weighted by molar-refractivity contribution is 0.339. The van der Waals surface area contributed by atoms with Crippen LogP contribution in [0.5, 0.6) is 5.75 Å². The van der Waals surface area contributed by atoms with Gasteiger partial charge in [-0.15, -0.1) is 11.8 Å². The second kappa shape index (κ2) is 5.82. The summed E-state index contributed by atoms with van der Waals surface area (Å²) < 4.78 is 7.27. The molecule has 0 aliphatic rings. The van der Waals surface area contributed by atoms with Crippen molar-refractivity contribution in [1.29, 1.82) is 0 Å². The van der Waals surface area contributed by atoms with Crippen LogP contribution in [0.2, 0.25) is 0 Å². The fourth-order valence-corrected chi connectivity index (χ4v) is 2.48. The minimum absolute atomic E-state index is 0.661. The number of thioether (sulfide) groups is 1. The lowest BCUT2D eigenvalue weighted by atomic mass is 10.3. The zero-order valence-corrected chi connectivity index (χ0v) is 11.4. The Balaban J connectivity index is 2.05. The highest BCUT2D eigenvalue weighted by molar-refractivity contribution is 7.98. The van der Waals surface area contributed by atoms with Crippen molar-refractivity contribution in [1.82, 2.24) is 9.78 Å². The van der Waals surface area contributed by atoms with Gasteiger partial charge in [-0.1, -0.05) is 0 Å². The van der Waals surface area contributed by atoms with E-state index in [1.165, 1.54) is 0 Å². The maximum absolute atomic E-state index is 5.95. The first kappa shape index (κ1) is 12.8. The Labute approximate surface area is 111 Å². The minimum Gasteiger partial charge on any atom is -0.494 e. The molecule has 0 atom stereocenters. The van der Waals surface area contributed by atoms with Crippen LogP contribution >= 0.6 is 11.8 Å². The predicted octanol–water partition coefficient (Wildman–Crippen LogP) is 2.69. The first-order valence-electron chi connectivity index (χ1n) is 5.82. The summed E-state index contributed by atoms with van der Waals surface area (Å²) in [4.78, 5) is 1.03. The van der Waals surface area contributed by atoms with Crippen molar-refractivity contribution < 1.29 is 4.74 Å². The van der Waals surface area contributed by atoms with Crippen molar-refractivity contribution in [3.8, 4) is 5.75 Å². The summed E-state index contributed by atoms with van der Waals surface area (Å²) >= 11 is 1.67. The Bertz CT molecular complexity index is 525. The third-order valence-electron chi connectivity index (χ3n) is 2.44. The van der Waals surface area contributed by atoms with Gasteiger partial charge in [-0.3, -0.25) is 4.68 Å². The van der Waals surface area contributed by atoms with Crippen LogP contribution in [0.1, 0.15) is 12.6 Å². The third-order valence-corrected chi connectivity index (χ3v) is 3.55. The molecule has 2 aromatic rings. The molecule has 0 amide bonds.